The van der Waals surface area contributed by atoms with E-state index in [0.29, 0.717) is 17.2 Å². The van der Waals surface area contributed by atoms with Crippen molar-refractivity contribution >= 4 is 38.2 Å². The standard InChI is InChI=1S/C25H26N2O2S/c1-5-12-27-21-11-10-17(16(2)3)15-23(21)30-25(27)26-24(28)20-13-18-8-6-7-9-19(18)14-22(20)29-4/h6-11,13-16H,5,12H2,1-4H3. The van der Waals surface area contributed by atoms with Crippen LogP contribution in [-0.4, -0.2) is 17.6 Å². The molecular weight excluding hydrogens is 392 g/mol. The van der Waals surface area contributed by atoms with Gasteiger partial charge in [-0.2, -0.15) is 4.99 Å². The number of aryl methyl sites for hydroxylation is 1. The third-order valence-electron chi connectivity index (χ3n) is 5.32. The van der Waals surface area contributed by atoms with Gasteiger partial charge in [-0.05, 0) is 52.9 Å². The summed E-state index contributed by atoms with van der Waals surface area (Å²) in [6.45, 7) is 7.34. The zero-order valence-electron chi connectivity index (χ0n) is 17.8. The van der Waals surface area contributed by atoms with Crippen LogP contribution in [0.15, 0.2) is 59.6 Å². The fourth-order valence-corrected chi connectivity index (χ4v) is 4.78. The van der Waals surface area contributed by atoms with E-state index in [1.54, 1.807) is 18.4 Å². The van der Waals surface area contributed by atoms with Gasteiger partial charge in [0.15, 0.2) is 4.80 Å². The second kappa shape index (κ2) is 8.44. The van der Waals surface area contributed by atoms with Crippen LogP contribution in [0, 0.1) is 0 Å². The molecule has 3 aromatic carbocycles. The first kappa shape index (κ1) is 20.4. The lowest BCUT2D eigenvalue weighted by Gasteiger charge is -2.08. The fourth-order valence-electron chi connectivity index (χ4n) is 3.68. The highest BCUT2D eigenvalue weighted by molar-refractivity contribution is 7.16. The van der Waals surface area contributed by atoms with Gasteiger partial charge in [0.2, 0.25) is 0 Å². The lowest BCUT2D eigenvalue weighted by atomic mass is 10.0. The van der Waals surface area contributed by atoms with Crippen LogP contribution in [0.4, 0.5) is 0 Å². The summed E-state index contributed by atoms with van der Waals surface area (Å²) in [7, 11) is 1.59. The van der Waals surface area contributed by atoms with E-state index in [1.807, 2.05) is 36.4 Å². The van der Waals surface area contributed by atoms with Crippen LogP contribution in [-0.2, 0) is 6.54 Å². The molecule has 0 radical (unpaired) electrons. The third kappa shape index (κ3) is 3.77. The summed E-state index contributed by atoms with van der Waals surface area (Å²) in [5.74, 6) is 0.728. The number of ether oxygens (including phenoxy) is 1. The molecule has 0 saturated carbocycles. The Morgan fingerprint density at radius 3 is 2.50 bits per heavy atom. The largest absolute Gasteiger partial charge is 0.496 e. The van der Waals surface area contributed by atoms with Crippen LogP contribution < -0.4 is 9.54 Å². The molecule has 5 heteroatoms. The van der Waals surface area contributed by atoms with Gasteiger partial charge in [-0.3, -0.25) is 4.79 Å². The highest BCUT2D eigenvalue weighted by atomic mass is 32.1. The van der Waals surface area contributed by atoms with Gasteiger partial charge in [0.25, 0.3) is 5.91 Å². The number of thiazole rings is 1. The van der Waals surface area contributed by atoms with Crippen molar-refractivity contribution in [2.24, 2.45) is 4.99 Å². The molecule has 154 valence electrons. The van der Waals surface area contributed by atoms with Crippen molar-refractivity contribution < 1.29 is 9.53 Å². The maximum Gasteiger partial charge on any atom is 0.283 e. The quantitative estimate of drug-likeness (QED) is 0.391. The third-order valence-corrected chi connectivity index (χ3v) is 6.36. The molecule has 1 amide bonds. The minimum absolute atomic E-state index is 0.280. The summed E-state index contributed by atoms with van der Waals surface area (Å²) in [6, 6.07) is 18.3. The number of methoxy groups -OCH3 is 1. The number of carbonyl (C=O) groups excluding carboxylic acids is 1. The molecule has 0 spiro atoms. The number of rotatable bonds is 5. The Hall–Kier alpha value is -2.92. The summed E-state index contributed by atoms with van der Waals surface area (Å²) < 4.78 is 8.81. The minimum atomic E-state index is -0.280. The summed E-state index contributed by atoms with van der Waals surface area (Å²) >= 11 is 1.57. The Kier molecular flexibility index (Phi) is 5.73. The Labute approximate surface area is 180 Å². The number of fused-ring (bicyclic) bond motifs is 2. The highest BCUT2D eigenvalue weighted by Gasteiger charge is 2.15. The maximum absolute atomic E-state index is 13.2. The number of aromatic nitrogens is 1. The van der Waals surface area contributed by atoms with Crippen molar-refractivity contribution in [3.8, 4) is 5.75 Å². The molecule has 0 saturated heterocycles. The molecule has 0 fully saturated rings. The zero-order valence-corrected chi connectivity index (χ0v) is 18.6. The van der Waals surface area contributed by atoms with Crippen molar-refractivity contribution in [2.45, 2.75) is 39.7 Å². The molecule has 0 N–H and O–H groups in total. The van der Waals surface area contributed by atoms with Crippen molar-refractivity contribution in [3.63, 3.8) is 0 Å². The van der Waals surface area contributed by atoms with Crippen LogP contribution in [0.5, 0.6) is 5.75 Å². The second-order valence-electron chi connectivity index (χ2n) is 7.73. The Bertz CT molecular complexity index is 1300. The summed E-state index contributed by atoms with van der Waals surface area (Å²) in [5, 5.41) is 2.03. The normalized spacial score (nSPS) is 12.2. The minimum Gasteiger partial charge on any atom is -0.496 e. The molecule has 4 nitrogen and oxygen atoms in total. The molecule has 0 aliphatic rings. The number of hydrogen-bond acceptors (Lipinski definition) is 3. The van der Waals surface area contributed by atoms with Crippen molar-refractivity contribution in [3.05, 3.63) is 70.5 Å². The van der Waals surface area contributed by atoms with Gasteiger partial charge in [0.1, 0.15) is 5.75 Å². The average molecular weight is 419 g/mol. The Morgan fingerprint density at radius 1 is 1.10 bits per heavy atom. The summed E-state index contributed by atoms with van der Waals surface area (Å²) in [5.41, 5.74) is 2.91. The van der Waals surface area contributed by atoms with E-state index in [-0.39, 0.29) is 5.91 Å². The lowest BCUT2D eigenvalue weighted by Crippen LogP contribution is -2.17. The van der Waals surface area contributed by atoms with Crippen LogP contribution in [0.1, 0.15) is 49.0 Å². The first-order valence-corrected chi connectivity index (χ1v) is 11.1. The highest BCUT2D eigenvalue weighted by Crippen LogP contribution is 2.27. The zero-order chi connectivity index (χ0) is 21.3. The van der Waals surface area contributed by atoms with Crippen molar-refractivity contribution in [2.75, 3.05) is 7.11 Å². The molecule has 1 heterocycles. The van der Waals surface area contributed by atoms with E-state index in [2.05, 4.69) is 48.5 Å². The van der Waals surface area contributed by atoms with E-state index in [0.717, 1.165) is 38.8 Å². The van der Waals surface area contributed by atoms with Gasteiger partial charge < -0.3 is 9.30 Å². The molecule has 1 aromatic heterocycles. The van der Waals surface area contributed by atoms with Crippen molar-refractivity contribution in [1.29, 1.82) is 0 Å². The molecule has 4 rings (SSSR count). The predicted octanol–water partition coefficient (Wildman–Crippen LogP) is 6.14. The maximum atomic E-state index is 13.2. The summed E-state index contributed by atoms with van der Waals surface area (Å²) in [6.07, 6.45) is 0.971. The average Bonchev–Trinajstić information content (AvgIpc) is 3.09. The van der Waals surface area contributed by atoms with Gasteiger partial charge in [-0.25, -0.2) is 0 Å². The predicted molar refractivity (Wildman–Crippen MR) is 125 cm³/mol. The van der Waals surface area contributed by atoms with Gasteiger partial charge in [-0.1, -0.05) is 62.4 Å². The first-order chi connectivity index (χ1) is 14.5. The van der Waals surface area contributed by atoms with E-state index >= 15 is 0 Å². The molecule has 0 aliphatic heterocycles. The van der Waals surface area contributed by atoms with E-state index in [1.165, 1.54) is 5.56 Å². The number of carbonyl (C=O) groups is 1. The number of benzene rings is 3. The Morgan fingerprint density at radius 2 is 1.83 bits per heavy atom. The molecular formula is C25H26N2O2S. The molecule has 30 heavy (non-hydrogen) atoms. The van der Waals surface area contributed by atoms with Crippen LogP contribution >= 0.6 is 11.3 Å². The monoisotopic (exact) mass is 418 g/mol. The van der Waals surface area contributed by atoms with Crippen LogP contribution in [0.2, 0.25) is 0 Å². The SMILES string of the molecule is CCCn1c(=NC(=O)c2cc3ccccc3cc2OC)sc2cc(C(C)C)ccc21. The second-order valence-corrected chi connectivity index (χ2v) is 8.74. The Balaban J connectivity index is 1.87. The van der Waals surface area contributed by atoms with Crippen molar-refractivity contribution in [1.82, 2.24) is 4.57 Å². The number of nitrogens with zero attached hydrogens (tertiary/aromatic N) is 2. The molecule has 0 atom stereocenters. The smallest absolute Gasteiger partial charge is 0.283 e. The van der Waals surface area contributed by atoms with E-state index in [4.69, 9.17) is 4.74 Å². The van der Waals surface area contributed by atoms with Gasteiger partial charge in [0, 0.05) is 6.54 Å². The first-order valence-electron chi connectivity index (χ1n) is 10.3. The molecule has 0 unspecified atom stereocenters. The number of amides is 1. The lowest BCUT2D eigenvalue weighted by molar-refractivity contribution is 0.0995. The van der Waals surface area contributed by atoms with Gasteiger partial charge >= 0.3 is 0 Å². The fraction of sp³-hybridized carbons (Fsp3) is 0.280. The van der Waals surface area contributed by atoms with Crippen LogP contribution in [0.25, 0.3) is 21.0 Å². The summed E-state index contributed by atoms with van der Waals surface area (Å²) in [4.78, 5) is 18.5. The van der Waals surface area contributed by atoms with Gasteiger partial charge in [-0.15, -0.1) is 0 Å². The molecule has 0 aliphatic carbocycles. The van der Waals surface area contributed by atoms with Gasteiger partial charge in [0.05, 0.1) is 22.9 Å². The number of hydrogen-bond donors (Lipinski definition) is 0. The molecule has 0 bridgehead atoms. The molecule has 4 aromatic rings. The topological polar surface area (TPSA) is 43.6 Å². The van der Waals surface area contributed by atoms with E-state index < -0.39 is 0 Å². The van der Waals surface area contributed by atoms with E-state index in [9.17, 15) is 4.79 Å². The van der Waals surface area contributed by atoms with Crippen LogP contribution in [0.3, 0.4) is 0 Å².